The summed E-state index contributed by atoms with van der Waals surface area (Å²) < 4.78 is 13.7. The average Bonchev–Trinajstić information content (AvgIpc) is 2.40. The standard InChI is InChI=1S/C14H9ClFNO3/c15-9-4-1-3-8(7-9)13(18)17-12-10(14(19)20)5-2-6-11(12)16/h1-7H,(H,17,18)(H,19,20). The lowest BCUT2D eigenvalue weighted by atomic mass is 10.1. The van der Waals surface area contributed by atoms with Gasteiger partial charge in [0.15, 0.2) is 0 Å². The molecule has 0 spiro atoms. The molecule has 2 N–H and O–H groups in total. The Balaban J connectivity index is 2.35. The second kappa shape index (κ2) is 5.71. The van der Waals surface area contributed by atoms with Crippen LogP contribution in [0.25, 0.3) is 0 Å². The highest BCUT2D eigenvalue weighted by Crippen LogP contribution is 2.21. The molecule has 0 unspecified atom stereocenters. The Morgan fingerprint density at radius 1 is 1.15 bits per heavy atom. The highest BCUT2D eigenvalue weighted by atomic mass is 35.5. The van der Waals surface area contributed by atoms with Gasteiger partial charge < -0.3 is 10.4 Å². The van der Waals surface area contributed by atoms with Crippen LogP contribution < -0.4 is 5.32 Å². The predicted octanol–water partition coefficient (Wildman–Crippen LogP) is 3.43. The van der Waals surface area contributed by atoms with Gasteiger partial charge in [-0.15, -0.1) is 0 Å². The van der Waals surface area contributed by atoms with Crippen LogP contribution in [-0.2, 0) is 0 Å². The van der Waals surface area contributed by atoms with Crippen molar-refractivity contribution >= 4 is 29.2 Å². The first kappa shape index (κ1) is 14.0. The molecule has 0 aliphatic carbocycles. The van der Waals surface area contributed by atoms with E-state index in [1.807, 2.05) is 0 Å². The lowest BCUT2D eigenvalue weighted by Gasteiger charge is -2.09. The molecule has 0 aromatic heterocycles. The van der Waals surface area contributed by atoms with Crippen LogP contribution in [0.4, 0.5) is 10.1 Å². The van der Waals surface area contributed by atoms with Gasteiger partial charge in [0.2, 0.25) is 0 Å². The van der Waals surface area contributed by atoms with E-state index in [-0.39, 0.29) is 16.8 Å². The van der Waals surface area contributed by atoms with Crippen molar-refractivity contribution in [2.75, 3.05) is 5.32 Å². The zero-order valence-electron chi connectivity index (χ0n) is 10.1. The molecule has 2 aromatic rings. The van der Waals surface area contributed by atoms with Crippen LogP contribution >= 0.6 is 11.6 Å². The fraction of sp³-hybridized carbons (Fsp3) is 0. The van der Waals surface area contributed by atoms with Crippen molar-refractivity contribution < 1.29 is 19.1 Å². The van der Waals surface area contributed by atoms with Gasteiger partial charge in [0.25, 0.3) is 5.91 Å². The smallest absolute Gasteiger partial charge is 0.337 e. The van der Waals surface area contributed by atoms with Crippen molar-refractivity contribution in [3.63, 3.8) is 0 Å². The summed E-state index contributed by atoms with van der Waals surface area (Å²) in [7, 11) is 0. The van der Waals surface area contributed by atoms with Gasteiger partial charge in [-0.2, -0.15) is 0 Å². The molecule has 0 radical (unpaired) electrons. The van der Waals surface area contributed by atoms with E-state index in [9.17, 15) is 14.0 Å². The molecule has 6 heteroatoms. The summed E-state index contributed by atoms with van der Waals surface area (Å²) >= 11 is 5.76. The highest BCUT2D eigenvalue weighted by molar-refractivity contribution is 6.31. The fourth-order valence-corrected chi connectivity index (χ4v) is 1.84. The van der Waals surface area contributed by atoms with Gasteiger partial charge in [-0.3, -0.25) is 4.79 Å². The number of halogens is 2. The lowest BCUT2D eigenvalue weighted by Crippen LogP contribution is -2.16. The third kappa shape index (κ3) is 2.95. The number of hydrogen-bond acceptors (Lipinski definition) is 2. The molecule has 0 fully saturated rings. The lowest BCUT2D eigenvalue weighted by molar-refractivity contribution is 0.0697. The number of carbonyl (C=O) groups excluding carboxylic acids is 1. The van der Waals surface area contributed by atoms with Gasteiger partial charge in [0.1, 0.15) is 5.82 Å². The van der Waals surface area contributed by atoms with E-state index in [2.05, 4.69) is 5.32 Å². The highest BCUT2D eigenvalue weighted by Gasteiger charge is 2.17. The van der Waals surface area contributed by atoms with Crippen LogP contribution in [0.1, 0.15) is 20.7 Å². The van der Waals surface area contributed by atoms with Crippen LogP contribution in [0.5, 0.6) is 0 Å². The summed E-state index contributed by atoms with van der Waals surface area (Å²) in [4.78, 5) is 23.0. The molecule has 0 heterocycles. The quantitative estimate of drug-likeness (QED) is 0.911. The summed E-state index contributed by atoms with van der Waals surface area (Å²) in [5.41, 5.74) is -0.484. The molecule has 2 aromatic carbocycles. The Labute approximate surface area is 118 Å². The first-order valence-electron chi connectivity index (χ1n) is 5.58. The van der Waals surface area contributed by atoms with Crippen LogP contribution in [0.2, 0.25) is 5.02 Å². The van der Waals surface area contributed by atoms with Crippen molar-refractivity contribution in [2.24, 2.45) is 0 Å². The molecule has 0 aliphatic rings. The SMILES string of the molecule is O=C(Nc1c(F)cccc1C(=O)O)c1cccc(Cl)c1. The number of aromatic carboxylic acids is 1. The number of carboxylic acids is 1. The minimum absolute atomic E-state index is 0.206. The van der Waals surface area contributed by atoms with Crippen LogP contribution in [0, 0.1) is 5.82 Å². The molecule has 0 bridgehead atoms. The number of carboxylic acid groups (broad SMARTS) is 1. The summed E-state index contributed by atoms with van der Waals surface area (Å²) in [5.74, 6) is -2.79. The van der Waals surface area contributed by atoms with Gasteiger partial charge in [-0.25, -0.2) is 9.18 Å². The van der Waals surface area contributed by atoms with E-state index < -0.39 is 17.7 Å². The number of benzene rings is 2. The Hall–Kier alpha value is -2.40. The zero-order valence-corrected chi connectivity index (χ0v) is 10.8. The summed E-state index contributed by atoms with van der Waals surface area (Å²) in [6, 6.07) is 9.58. The summed E-state index contributed by atoms with van der Waals surface area (Å²) in [6.45, 7) is 0. The molecule has 4 nitrogen and oxygen atoms in total. The molecule has 0 saturated heterocycles. The van der Waals surface area contributed by atoms with E-state index in [4.69, 9.17) is 16.7 Å². The second-order valence-corrected chi connectivity index (χ2v) is 4.37. The van der Waals surface area contributed by atoms with Crippen LogP contribution in [-0.4, -0.2) is 17.0 Å². The number of hydrogen-bond donors (Lipinski definition) is 2. The minimum Gasteiger partial charge on any atom is -0.478 e. The largest absolute Gasteiger partial charge is 0.478 e. The number of para-hydroxylation sites is 1. The van der Waals surface area contributed by atoms with Crippen LogP contribution in [0.15, 0.2) is 42.5 Å². The predicted molar refractivity (Wildman–Crippen MR) is 72.8 cm³/mol. The van der Waals surface area contributed by atoms with Crippen molar-refractivity contribution in [3.05, 3.63) is 64.4 Å². The molecular formula is C14H9ClFNO3. The van der Waals surface area contributed by atoms with E-state index in [0.717, 1.165) is 6.07 Å². The molecule has 20 heavy (non-hydrogen) atoms. The minimum atomic E-state index is -1.33. The summed E-state index contributed by atoms with van der Waals surface area (Å²) in [6.07, 6.45) is 0. The van der Waals surface area contributed by atoms with Gasteiger partial charge in [-0.05, 0) is 30.3 Å². The number of anilines is 1. The van der Waals surface area contributed by atoms with Crippen molar-refractivity contribution in [1.29, 1.82) is 0 Å². The Kier molecular flexibility index (Phi) is 4.00. The van der Waals surface area contributed by atoms with Gasteiger partial charge >= 0.3 is 5.97 Å². The molecular weight excluding hydrogens is 285 g/mol. The van der Waals surface area contributed by atoms with Crippen molar-refractivity contribution in [2.45, 2.75) is 0 Å². The van der Waals surface area contributed by atoms with E-state index in [1.165, 1.54) is 24.3 Å². The molecule has 0 saturated carbocycles. The monoisotopic (exact) mass is 293 g/mol. The molecule has 1 amide bonds. The maximum absolute atomic E-state index is 13.7. The average molecular weight is 294 g/mol. The Morgan fingerprint density at radius 2 is 1.85 bits per heavy atom. The van der Waals surface area contributed by atoms with Crippen LogP contribution in [0.3, 0.4) is 0 Å². The Bertz CT molecular complexity index is 688. The van der Waals surface area contributed by atoms with E-state index in [1.54, 1.807) is 12.1 Å². The normalized spacial score (nSPS) is 10.1. The molecule has 0 aliphatic heterocycles. The zero-order chi connectivity index (χ0) is 14.7. The number of carbonyl (C=O) groups is 2. The number of rotatable bonds is 3. The maximum Gasteiger partial charge on any atom is 0.337 e. The van der Waals surface area contributed by atoms with Crippen molar-refractivity contribution in [1.82, 2.24) is 0 Å². The third-order valence-electron chi connectivity index (χ3n) is 2.57. The topological polar surface area (TPSA) is 66.4 Å². The van der Waals surface area contributed by atoms with E-state index >= 15 is 0 Å². The Morgan fingerprint density at radius 3 is 2.50 bits per heavy atom. The van der Waals surface area contributed by atoms with E-state index in [0.29, 0.717) is 5.02 Å². The summed E-state index contributed by atoms with van der Waals surface area (Å²) in [5, 5.41) is 11.6. The van der Waals surface area contributed by atoms with Crippen molar-refractivity contribution in [3.8, 4) is 0 Å². The molecule has 2 rings (SSSR count). The number of amides is 1. The van der Waals surface area contributed by atoms with Gasteiger partial charge in [0, 0.05) is 10.6 Å². The van der Waals surface area contributed by atoms with Gasteiger partial charge in [-0.1, -0.05) is 23.7 Å². The fourth-order valence-electron chi connectivity index (χ4n) is 1.64. The number of nitrogens with one attached hydrogen (secondary N) is 1. The second-order valence-electron chi connectivity index (χ2n) is 3.93. The molecule has 102 valence electrons. The first-order valence-corrected chi connectivity index (χ1v) is 5.95. The molecule has 0 atom stereocenters. The maximum atomic E-state index is 13.7. The third-order valence-corrected chi connectivity index (χ3v) is 2.80. The van der Waals surface area contributed by atoms with Gasteiger partial charge in [0.05, 0.1) is 11.3 Å². The first-order chi connectivity index (χ1) is 9.49.